The molecular formula is C24H23F4N7O5. The van der Waals surface area contributed by atoms with E-state index < -0.39 is 59.9 Å². The summed E-state index contributed by atoms with van der Waals surface area (Å²) in [6, 6.07) is 6.64. The molecule has 0 unspecified atom stereocenters. The minimum Gasteiger partial charge on any atom is -0.442 e. The molecule has 0 saturated carbocycles. The van der Waals surface area contributed by atoms with E-state index in [2.05, 4.69) is 5.32 Å². The lowest BCUT2D eigenvalue weighted by atomic mass is 10.2. The Labute approximate surface area is 222 Å². The molecule has 0 spiro atoms. The van der Waals surface area contributed by atoms with Crippen LogP contribution in [0.25, 0.3) is 10.9 Å². The molecule has 1 aromatic heterocycles. The molecule has 1 atom stereocenters. The van der Waals surface area contributed by atoms with Crippen LogP contribution in [0.4, 0.5) is 39.4 Å². The van der Waals surface area contributed by atoms with Crippen molar-refractivity contribution in [2.75, 3.05) is 41.3 Å². The normalized spacial score (nSPS) is 16.9. The number of nitrogens with two attached hydrogens (primary N) is 1. The van der Waals surface area contributed by atoms with Crippen molar-refractivity contribution in [1.82, 2.24) is 14.7 Å². The summed E-state index contributed by atoms with van der Waals surface area (Å²) in [5.74, 6) is -3.96. The minimum absolute atomic E-state index is 0.153. The van der Waals surface area contributed by atoms with Gasteiger partial charge in [0.05, 0.1) is 42.8 Å². The van der Waals surface area contributed by atoms with Gasteiger partial charge in [-0.1, -0.05) is 0 Å². The number of benzene rings is 2. The summed E-state index contributed by atoms with van der Waals surface area (Å²) < 4.78 is 63.3. The fourth-order valence-corrected chi connectivity index (χ4v) is 4.75. The van der Waals surface area contributed by atoms with Crippen molar-refractivity contribution in [3.8, 4) is 0 Å². The molecule has 0 bridgehead atoms. The Bertz CT molecular complexity index is 1550. The van der Waals surface area contributed by atoms with E-state index in [4.69, 9.17) is 10.5 Å². The van der Waals surface area contributed by atoms with Crippen molar-refractivity contribution < 1.29 is 36.7 Å². The maximum absolute atomic E-state index is 15.3. The molecular weight excluding hydrogens is 542 g/mol. The van der Waals surface area contributed by atoms with Crippen LogP contribution < -0.4 is 31.7 Å². The summed E-state index contributed by atoms with van der Waals surface area (Å²) in [7, 11) is 0. The first kappa shape index (κ1) is 27.0. The topological polar surface area (TPSA) is 144 Å². The largest absolute Gasteiger partial charge is 0.442 e. The molecule has 12 nitrogen and oxygen atoms in total. The highest BCUT2D eigenvalue weighted by atomic mass is 19.3. The first-order chi connectivity index (χ1) is 19.1. The number of nitrogens with zero attached hydrogens (tertiary/aromatic N) is 4. The quantitative estimate of drug-likeness (QED) is 0.365. The maximum atomic E-state index is 15.3. The van der Waals surface area contributed by atoms with Gasteiger partial charge in [0.1, 0.15) is 18.5 Å². The minimum atomic E-state index is -3.24. The molecule has 5 rings (SSSR count). The van der Waals surface area contributed by atoms with Crippen molar-refractivity contribution in [2.45, 2.75) is 25.7 Å². The van der Waals surface area contributed by atoms with Crippen LogP contribution in [-0.4, -0.2) is 66.0 Å². The van der Waals surface area contributed by atoms with Crippen LogP contribution in [0.1, 0.15) is 0 Å². The number of nitrogens with one attached hydrogen (secondary N) is 2. The number of cyclic esters (lactones) is 1. The lowest BCUT2D eigenvalue weighted by molar-refractivity contribution is -0.132. The fourth-order valence-electron chi connectivity index (χ4n) is 4.75. The number of hydrogen-bond donors (Lipinski definition) is 3. The zero-order valence-electron chi connectivity index (χ0n) is 20.7. The molecule has 2 aliphatic heterocycles. The Kier molecular flexibility index (Phi) is 7.10. The Morgan fingerprint density at radius 1 is 1.07 bits per heavy atom. The predicted octanol–water partition coefficient (Wildman–Crippen LogP) is 1.16. The third kappa shape index (κ3) is 4.92. The van der Waals surface area contributed by atoms with E-state index in [9.17, 15) is 28.0 Å². The number of carbonyl (C=O) groups is 3. The Morgan fingerprint density at radius 3 is 2.48 bits per heavy atom. The van der Waals surface area contributed by atoms with Crippen LogP contribution in [0, 0.1) is 11.6 Å². The Hall–Kier alpha value is -4.60. The number of halogens is 4. The zero-order valence-corrected chi connectivity index (χ0v) is 20.7. The van der Waals surface area contributed by atoms with Gasteiger partial charge in [0, 0.05) is 24.4 Å². The van der Waals surface area contributed by atoms with Gasteiger partial charge in [-0.05, 0) is 18.2 Å². The SMILES string of the molecule is NCC(=O)Nc1ccc2c(c1)c(=O)n1n2CCN(c2c(F)cc(N3C[C@H](CNC(=O)C(F)F)OC3=O)cc2F)C1. The highest BCUT2D eigenvalue weighted by Crippen LogP contribution is 2.32. The maximum Gasteiger partial charge on any atom is 0.414 e. The van der Waals surface area contributed by atoms with Gasteiger partial charge in [-0.15, -0.1) is 0 Å². The summed E-state index contributed by atoms with van der Waals surface area (Å²) in [6.45, 7) is -0.659. The number of alkyl halides is 2. The number of carbonyl (C=O) groups excluding carboxylic acids is 3. The van der Waals surface area contributed by atoms with E-state index in [1.165, 1.54) is 15.6 Å². The second-order valence-corrected chi connectivity index (χ2v) is 9.14. The van der Waals surface area contributed by atoms with Gasteiger partial charge >= 0.3 is 12.5 Å². The van der Waals surface area contributed by atoms with Crippen molar-refractivity contribution in [3.63, 3.8) is 0 Å². The van der Waals surface area contributed by atoms with E-state index in [-0.39, 0.29) is 38.5 Å². The van der Waals surface area contributed by atoms with Crippen LogP contribution in [0.3, 0.4) is 0 Å². The van der Waals surface area contributed by atoms with Gasteiger partial charge in [-0.3, -0.25) is 24.0 Å². The van der Waals surface area contributed by atoms with Gasteiger partial charge < -0.3 is 26.0 Å². The summed E-state index contributed by atoms with van der Waals surface area (Å²) in [4.78, 5) is 50.3. The van der Waals surface area contributed by atoms with E-state index >= 15 is 8.78 Å². The molecule has 40 heavy (non-hydrogen) atoms. The lowest BCUT2D eigenvalue weighted by Gasteiger charge is -2.32. The number of aromatic nitrogens is 2. The van der Waals surface area contributed by atoms with Gasteiger partial charge in [0.2, 0.25) is 5.91 Å². The zero-order chi connectivity index (χ0) is 28.7. The smallest absolute Gasteiger partial charge is 0.414 e. The molecule has 16 heteroatoms. The molecule has 0 radical (unpaired) electrons. The van der Waals surface area contributed by atoms with E-state index in [0.717, 1.165) is 17.0 Å². The highest BCUT2D eigenvalue weighted by Gasteiger charge is 2.35. The molecule has 1 fully saturated rings. The summed E-state index contributed by atoms with van der Waals surface area (Å²) in [5, 5.41) is 4.81. The Morgan fingerprint density at radius 2 is 1.80 bits per heavy atom. The summed E-state index contributed by atoms with van der Waals surface area (Å²) >= 11 is 0. The van der Waals surface area contributed by atoms with Gasteiger partial charge in [-0.25, -0.2) is 18.3 Å². The lowest BCUT2D eigenvalue weighted by Crippen LogP contribution is -2.42. The molecule has 1 saturated heterocycles. The highest BCUT2D eigenvalue weighted by molar-refractivity contribution is 5.94. The van der Waals surface area contributed by atoms with Gasteiger partial charge in [0.15, 0.2) is 11.6 Å². The first-order valence-corrected chi connectivity index (χ1v) is 12.1. The van der Waals surface area contributed by atoms with Gasteiger partial charge in [0.25, 0.3) is 11.5 Å². The average molecular weight is 565 g/mol. The number of amides is 3. The summed E-state index contributed by atoms with van der Waals surface area (Å²) in [6.07, 6.45) is -5.20. The molecule has 4 N–H and O–H groups in total. The molecule has 212 valence electrons. The molecule has 3 aromatic rings. The van der Waals surface area contributed by atoms with Crippen molar-refractivity contribution >= 4 is 45.9 Å². The standard InChI is InChI=1S/C24H23F4N7O5/c25-16-6-13(33-10-14(40-24(33)39)9-30-22(37)21(27)28)7-17(26)20(16)32-3-4-34-18-2-1-12(31-19(36)8-29)5-15(18)23(38)35(34)11-32/h1-2,5-7,14,21H,3-4,8-11,29H2,(H,30,37)(H,31,36)/t14-/m0/s1. The summed E-state index contributed by atoms with van der Waals surface area (Å²) in [5.41, 5.74) is 5.28. The Balaban J connectivity index is 1.35. The molecule has 3 amide bonds. The van der Waals surface area contributed by atoms with Crippen LogP contribution in [-0.2, 0) is 27.5 Å². The van der Waals surface area contributed by atoms with Crippen molar-refractivity contribution in [2.24, 2.45) is 5.73 Å². The van der Waals surface area contributed by atoms with Crippen LogP contribution >= 0.6 is 0 Å². The second kappa shape index (κ2) is 10.5. The second-order valence-electron chi connectivity index (χ2n) is 9.14. The van der Waals surface area contributed by atoms with E-state index in [1.54, 1.807) is 16.8 Å². The number of ether oxygens (including phenoxy) is 1. The number of fused-ring (bicyclic) bond motifs is 3. The average Bonchev–Trinajstić information content (AvgIpc) is 3.43. The first-order valence-electron chi connectivity index (χ1n) is 12.1. The third-order valence-corrected chi connectivity index (χ3v) is 6.59. The van der Waals surface area contributed by atoms with Gasteiger partial charge in [-0.2, -0.15) is 8.78 Å². The van der Waals surface area contributed by atoms with E-state index in [0.29, 0.717) is 16.6 Å². The third-order valence-electron chi connectivity index (χ3n) is 6.59. The number of rotatable bonds is 7. The van der Waals surface area contributed by atoms with Crippen molar-refractivity contribution in [1.29, 1.82) is 0 Å². The van der Waals surface area contributed by atoms with Crippen LogP contribution in [0.15, 0.2) is 35.1 Å². The number of hydrogen-bond acceptors (Lipinski definition) is 7. The monoisotopic (exact) mass is 565 g/mol. The fraction of sp³-hybridized carbons (Fsp3) is 0.333. The van der Waals surface area contributed by atoms with E-state index in [1.807, 2.05) is 5.32 Å². The van der Waals surface area contributed by atoms with Crippen molar-refractivity contribution in [3.05, 3.63) is 52.3 Å². The molecule has 2 aliphatic rings. The predicted molar refractivity (Wildman–Crippen MR) is 134 cm³/mol. The molecule has 0 aliphatic carbocycles. The molecule has 3 heterocycles. The van der Waals surface area contributed by atoms with Crippen LogP contribution in [0.5, 0.6) is 0 Å². The molecule has 2 aromatic carbocycles. The number of anilines is 3. The van der Waals surface area contributed by atoms with Crippen LogP contribution in [0.2, 0.25) is 0 Å².